The van der Waals surface area contributed by atoms with Crippen LogP contribution in [0.15, 0.2) is 0 Å². The predicted molar refractivity (Wildman–Crippen MR) is 59.5 cm³/mol. The number of ether oxygens (including phenoxy) is 2. The normalized spacial score (nSPS) is 23.9. The largest absolute Gasteiger partial charge is 0.448 e. The molecule has 0 aromatic carbocycles. The van der Waals surface area contributed by atoms with Gasteiger partial charge < -0.3 is 19.7 Å². The van der Waals surface area contributed by atoms with E-state index in [0.717, 1.165) is 19.3 Å². The number of hydrogen-bond acceptors (Lipinski definition) is 4. The summed E-state index contributed by atoms with van der Waals surface area (Å²) >= 11 is 0. The van der Waals surface area contributed by atoms with Crippen molar-refractivity contribution < 1.29 is 19.1 Å². The van der Waals surface area contributed by atoms with Gasteiger partial charge in [0.2, 0.25) is 5.91 Å². The number of rotatable bonds is 5. The molecule has 1 atom stereocenters. The Bertz CT molecular complexity index is 289. The van der Waals surface area contributed by atoms with Gasteiger partial charge in [0.25, 0.3) is 0 Å². The van der Waals surface area contributed by atoms with Crippen LogP contribution in [0.25, 0.3) is 0 Å². The second-order valence-electron chi connectivity index (χ2n) is 4.25. The number of carbonyl (C=O) groups is 2. The lowest BCUT2D eigenvalue weighted by Crippen LogP contribution is -2.36. The second kappa shape index (κ2) is 5.86. The summed E-state index contributed by atoms with van der Waals surface area (Å²) in [5, 5.41) is 2.82. The van der Waals surface area contributed by atoms with Gasteiger partial charge in [-0.1, -0.05) is 0 Å². The molecule has 0 saturated carbocycles. The predicted octanol–water partition coefficient (Wildman–Crippen LogP) is 0.124. The Morgan fingerprint density at radius 2 is 2.35 bits per heavy atom. The van der Waals surface area contributed by atoms with Crippen LogP contribution >= 0.6 is 0 Å². The molecule has 0 aliphatic carbocycles. The lowest BCUT2D eigenvalue weighted by molar-refractivity contribution is -0.130. The topological polar surface area (TPSA) is 67.9 Å². The van der Waals surface area contributed by atoms with Gasteiger partial charge in [-0.2, -0.15) is 0 Å². The van der Waals surface area contributed by atoms with Gasteiger partial charge in [-0.15, -0.1) is 0 Å². The minimum atomic E-state index is -0.272. The lowest BCUT2D eigenvalue weighted by atomic mass is 10.2. The van der Waals surface area contributed by atoms with E-state index in [9.17, 15) is 9.59 Å². The van der Waals surface area contributed by atoms with Crippen molar-refractivity contribution in [3.63, 3.8) is 0 Å². The zero-order valence-electron chi connectivity index (χ0n) is 9.81. The van der Waals surface area contributed by atoms with Crippen molar-refractivity contribution in [3.05, 3.63) is 0 Å². The molecule has 6 nitrogen and oxygen atoms in total. The van der Waals surface area contributed by atoms with Crippen LogP contribution in [0.5, 0.6) is 0 Å². The van der Waals surface area contributed by atoms with Gasteiger partial charge in [-0.05, 0) is 19.3 Å². The Hall–Kier alpha value is -1.30. The van der Waals surface area contributed by atoms with E-state index in [-0.39, 0.29) is 18.1 Å². The molecule has 2 amide bonds. The van der Waals surface area contributed by atoms with Gasteiger partial charge in [0.05, 0.1) is 6.54 Å². The summed E-state index contributed by atoms with van der Waals surface area (Å²) in [6, 6.07) is 0. The summed E-state index contributed by atoms with van der Waals surface area (Å²) in [5.41, 5.74) is 0. The highest BCUT2D eigenvalue weighted by Crippen LogP contribution is 2.11. The Balaban J connectivity index is 1.56. The van der Waals surface area contributed by atoms with Crippen molar-refractivity contribution in [2.45, 2.75) is 25.4 Å². The molecule has 0 aromatic rings. The van der Waals surface area contributed by atoms with E-state index in [1.54, 1.807) is 4.90 Å². The van der Waals surface area contributed by atoms with Crippen LogP contribution in [-0.2, 0) is 14.3 Å². The molecule has 2 fully saturated rings. The van der Waals surface area contributed by atoms with E-state index in [4.69, 9.17) is 9.47 Å². The highest BCUT2D eigenvalue weighted by atomic mass is 16.6. The Kier molecular flexibility index (Phi) is 4.19. The summed E-state index contributed by atoms with van der Waals surface area (Å²) in [6.07, 6.45) is 1.98. The summed E-state index contributed by atoms with van der Waals surface area (Å²) in [5.74, 6) is -0.0356. The molecule has 2 rings (SSSR count). The molecule has 17 heavy (non-hydrogen) atoms. The van der Waals surface area contributed by atoms with Crippen molar-refractivity contribution in [1.82, 2.24) is 10.2 Å². The standard InChI is InChI=1S/C11H18N2O4/c14-10(9-3-1-7-16-9)12-4-2-5-13-6-8-17-11(13)15/h9H,1-8H2,(H,12,14). The first-order chi connectivity index (χ1) is 8.27. The minimum Gasteiger partial charge on any atom is -0.448 e. The number of amides is 2. The molecule has 0 spiro atoms. The molecular weight excluding hydrogens is 224 g/mol. The monoisotopic (exact) mass is 242 g/mol. The van der Waals surface area contributed by atoms with E-state index < -0.39 is 0 Å². The SMILES string of the molecule is O=C(NCCCN1CCOC1=O)C1CCCO1. The average molecular weight is 242 g/mol. The van der Waals surface area contributed by atoms with Crippen molar-refractivity contribution in [1.29, 1.82) is 0 Å². The van der Waals surface area contributed by atoms with Gasteiger partial charge in [0.15, 0.2) is 0 Å². The van der Waals surface area contributed by atoms with Crippen LogP contribution in [0.4, 0.5) is 4.79 Å². The molecule has 96 valence electrons. The van der Waals surface area contributed by atoms with E-state index >= 15 is 0 Å². The smallest absolute Gasteiger partial charge is 0.409 e. The fourth-order valence-electron chi connectivity index (χ4n) is 2.01. The van der Waals surface area contributed by atoms with Gasteiger partial charge in [0.1, 0.15) is 12.7 Å². The van der Waals surface area contributed by atoms with Crippen LogP contribution < -0.4 is 5.32 Å². The molecule has 0 bridgehead atoms. The quantitative estimate of drug-likeness (QED) is 0.695. The zero-order chi connectivity index (χ0) is 12.1. The van der Waals surface area contributed by atoms with E-state index in [1.807, 2.05) is 0 Å². The van der Waals surface area contributed by atoms with Crippen molar-refractivity contribution >= 4 is 12.0 Å². The fourth-order valence-corrected chi connectivity index (χ4v) is 2.01. The number of nitrogens with one attached hydrogen (secondary N) is 1. The molecule has 6 heteroatoms. The molecule has 1 unspecified atom stereocenters. The number of nitrogens with zero attached hydrogens (tertiary/aromatic N) is 1. The van der Waals surface area contributed by atoms with Gasteiger partial charge >= 0.3 is 6.09 Å². The Morgan fingerprint density at radius 1 is 1.47 bits per heavy atom. The molecular formula is C11H18N2O4. The third kappa shape index (κ3) is 3.33. The number of carbonyl (C=O) groups excluding carboxylic acids is 2. The van der Waals surface area contributed by atoms with Crippen LogP contribution in [0.3, 0.4) is 0 Å². The molecule has 0 aromatic heterocycles. The maximum absolute atomic E-state index is 11.6. The van der Waals surface area contributed by atoms with Crippen LogP contribution in [-0.4, -0.2) is 55.9 Å². The molecule has 2 heterocycles. The highest BCUT2D eigenvalue weighted by molar-refractivity contribution is 5.80. The highest BCUT2D eigenvalue weighted by Gasteiger charge is 2.23. The molecule has 1 N–H and O–H groups in total. The maximum atomic E-state index is 11.6. The molecule has 2 aliphatic heterocycles. The maximum Gasteiger partial charge on any atom is 0.409 e. The van der Waals surface area contributed by atoms with Crippen molar-refractivity contribution in [2.24, 2.45) is 0 Å². The van der Waals surface area contributed by atoms with Crippen LogP contribution in [0.1, 0.15) is 19.3 Å². The first-order valence-corrected chi connectivity index (χ1v) is 6.08. The molecule has 0 radical (unpaired) electrons. The molecule has 2 aliphatic rings. The zero-order valence-corrected chi connectivity index (χ0v) is 9.81. The minimum absolute atomic E-state index is 0.0356. The summed E-state index contributed by atoms with van der Waals surface area (Å²) in [4.78, 5) is 24.3. The van der Waals surface area contributed by atoms with E-state index in [2.05, 4.69) is 5.32 Å². The average Bonchev–Trinajstić information content (AvgIpc) is 2.96. The van der Waals surface area contributed by atoms with Crippen molar-refractivity contribution in [3.8, 4) is 0 Å². The summed E-state index contributed by atoms with van der Waals surface area (Å²) < 4.78 is 10.1. The summed E-state index contributed by atoms with van der Waals surface area (Å²) in [7, 11) is 0. The van der Waals surface area contributed by atoms with Gasteiger partial charge in [-0.25, -0.2) is 4.79 Å². The third-order valence-corrected chi connectivity index (χ3v) is 2.97. The van der Waals surface area contributed by atoms with Crippen molar-refractivity contribution in [2.75, 3.05) is 32.8 Å². The fraction of sp³-hybridized carbons (Fsp3) is 0.818. The van der Waals surface area contributed by atoms with E-state index in [0.29, 0.717) is 32.8 Å². The Labute approximate surface area is 100 Å². The van der Waals surface area contributed by atoms with Gasteiger partial charge in [-0.3, -0.25) is 4.79 Å². The van der Waals surface area contributed by atoms with Crippen LogP contribution in [0.2, 0.25) is 0 Å². The van der Waals surface area contributed by atoms with Crippen LogP contribution in [0, 0.1) is 0 Å². The first kappa shape index (κ1) is 12.2. The van der Waals surface area contributed by atoms with Gasteiger partial charge in [0, 0.05) is 19.7 Å². The number of hydrogen-bond donors (Lipinski definition) is 1. The number of cyclic esters (lactones) is 1. The molecule has 2 saturated heterocycles. The summed E-state index contributed by atoms with van der Waals surface area (Å²) in [6.45, 7) is 3.00. The second-order valence-corrected chi connectivity index (χ2v) is 4.25. The Morgan fingerprint density at radius 3 is 3.00 bits per heavy atom. The first-order valence-electron chi connectivity index (χ1n) is 6.08. The third-order valence-electron chi connectivity index (χ3n) is 2.97. The van der Waals surface area contributed by atoms with E-state index in [1.165, 1.54) is 0 Å². The lowest BCUT2D eigenvalue weighted by Gasteiger charge is -2.13.